The zero-order valence-electron chi connectivity index (χ0n) is 12.8. The first-order valence-electron chi connectivity index (χ1n) is 7.14. The first kappa shape index (κ1) is 15.6. The van der Waals surface area contributed by atoms with E-state index in [2.05, 4.69) is 25.8 Å². The van der Waals surface area contributed by atoms with Gasteiger partial charge in [-0.05, 0) is 53.5 Å². The number of halogens is 1. The highest BCUT2D eigenvalue weighted by molar-refractivity contribution is 9.11. The van der Waals surface area contributed by atoms with E-state index in [9.17, 15) is 9.90 Å². The molecule has 0 amide bonds. The predicted octanol–water partition coefficient (Wildman–Crippen LogP) is 3.77. The Bertz CT molecular complexity index is 822. The van der Waals surface area contributed by atoms with E-state index in [1.807, 2.05) is 32.0 Å². The van der Waals surface area contributed by atoms with Crippen LogP contribution in [0, 0.1) is 6.92 Å². The number of aromatic nitrogens is 2. The molecule has 0 radical (unpaired) electrons. The number of hydrogen-bond donors (Lipinski definition) is 1. The van der Waals surface area contributed by atoms with Crippen molar-refractivity contribution in [3.8, 4) is 0 Å². The summed E-state index contributed by atoms with van der Waals surface area (Å²) in [5.74, 6) is 0.113. The maximum Gasteiger partial charge on any atom is 0.263 e. The summed E-state index contributed by atoms with van der Waals surface area (Å²) in [6.07, 6.45) is 6.41. The summed E-state index contributed by atoms with van der Waals surface area (Å²) in [7, 11) is 0. The van der Waals surface area contributed by atoms with Gasteiger partial charge < -0.3 is 10.0 Å². The van der Waals surface area contributed by atoms with Crippen LogP contribution in [-0.2, 0) is 0 Å². The van der Waals surface area contributed by atoms with Gasteiger partial charge in [-0.25, -0.2) is 4.98 Å². The van der Waals surface area contributed by atoms with Crippen LogP contribution in [0.2, 0.25) is 0 Å². The number of anilines is 1. The third-order valence-corrected chi connectivity index (χ3v) is 4.49. The van der Waals surface area contributed by atoms with Crippen molar-refractivity contribution in [1.29, 1.82) is 0 Å². The number of imidazole rings is 1. The summed E-state index contributed by atoms with van der Waals surface area (Å²) in [4.78, 5) is 18.5. The lowest BCUT2D eigenvalue weighted by molar-refractivity contribution is 0.0960. The fourth-order valence-electron chi connectivity index (χ4n) is 2.54. The van der Waals surface area contributed by atoms with E-state index in [4.69, 9.17) is 0 Å². The van der Waals surface area contributed by atoms with Crippen molar-refractivity contribution in [3.63, 3.8) is 0 Å². The number of rotatable bonds is 2. The van der Waals surface area contributed by atoms with Crippen molar-refractivity contribution in [1.82, 2.24) is 9.55 Å². The van der Waals surface area contributed by atoms with Gasteiger partial charge in [0.2, 0.25) is 0 Å². The molecule has 118 valence electrons. The van der Waals surface area contributed by atoms with Crippen LogP contribution in [0.15, 0.2) is 58.9 Å². The number of benzene rings is 1. The molecule has 0 bridgehead atoms. The van der Waals surface area contributed by atoms with Crippen LogP contribution < -0.4 is 4.90 Å². The number of allylic oxidation sites excluding steroid dienone is 2. The zero-order chi connectivity index (χ0) is 16.6. The molecule has 23 heavy (non-hydrogen) atoms. The van der Waals surface area contributed by atoms with Gasteiger partial charge in [-0.1, -0.05) is 6.07 Å². The van der Waals surface area contributed by atoms with Crippen LogP contribution in [0.25, 0.3) is 0 Å². The molecule has 2 aromatic rings. The third kappa shape index (κ3) is 2.94. The molecule has 1 aromatic carbocycles. The molecule has 0 spiro atoms. The van der Waals surface area contributed by atoms with Crippen molar-refractivity contribution in [2.24, 2.45) is 0 Å². The second kappa shape index (κ2) is 6.04. The molecule has 1 N–H and O–H groups in total. The zero-order valence-corrected chi connectivity index (χ0v) is 14.4. The minimum Gasteiger partial charge on any atom is -0.507 e. The molecule has 5 nitrogen and oxygen atoms in total. The molecule has 6 heteroatoms. The second-order valence-corrected chi connectivity index (χ2v) is 6.40. The van der Waals surface area contributed by atoms with Gasteiger partial charge in [0, 0.05) is 29.3 Å². The van der Waals surface area contributed by atoms with Gasteiger partial charge in [0.05, 0.1) is 11.0 Å². The first-order valence-corrected chi connectivity index (χ1v) is 7.93. The lowest BCUT2D eigenvalue weighted by Crippen LogP contribution is -2.27. The summed E-state index contributed by atoms with van der Waals surface area (Å²) in [6, 6.07) is 5.61. The first-order chi connectivity index (χ1) is 11.0. The Hall–Kier alpha value is -2.34. The van der Waals surface area contributed by atoms with Gasteiger partial charge in [0.1, 0.15) is 12.1 Å². The average molecular weight is 374 g/mol. The lowest BCUT2D eigenvalue weighted by Gasteiger charge is -2.30. The van der Waals surface area contributed by atoms with Crippen LogP contribution in [0.5, 0.6) is 0 Å². The highest BCUT2D eigenvalue weighted by atomic mass is 79.9. The minimum absolute atomic E-state index is 0.125. The number of carbonyl (C=O) groups excluding carboxylic acids is 1. The van der Waals surface area contributed by atoms with E-state index in [-0.39, 0.29) is 11.7 Å². The maximum atomic E-state index is 12.5. The van der Waals surface area contributed by atoms with Crippen LogP contribution >= 0.6 is 15.9 Å². The van der Waals surface area contributed by atoms with Crippen LogP contribution in [0.1, 0.15) is 22.8 Å². The highest BCUT2D eigenvalue weighted by Gasteiger charge is 2.20. The normalized spacial score (nSPS) is 14.9. The molecular formula is C17H16BrN3O2. The van der Waals surface area contributed by atoms with Crippen LogP contribution in [-0.4, -0.2) is 27.1 Å². The fourth-order valence-corrected chi connectivity index (χ4v) is 2.90. The Kier molecular flexibility index (Phi) is 4.09. The van der Waals surface area contributed by atoms with E-state index >= 15 is 0 Å². The minimum atomic E-state index is -0.125. The van der Waals surface area contributed by atoms with E-state index < -0.39 is 0 Å². The van der Waals surface area contributed by atoms with E-state index in [1.165, 1.54) is 10.9 Å². The average Bonchev–Trinajstić information content (AvgIpc) is 3.05. The van der Waals surface area contributed by atoms with Crippen LogP contribution in [0.4, 0.5) is 5.69 Å². The summed E-state index contributed by atoms with van der Waals surface area (Å²) < 4.78 is 2.17. The van der Waals surface area contributed by atoms with Crippen LogP contribution in [0.3, 0.4) is 0 Å². The Labute approximate surface area is 142 Å². The number of nitrogens with zero attached hydrogens (tertiary/aromatic N) is 3. The van der Waals surface area contributed by atoms with Gasteiger partial charge in [-0.3, -0.25) is 9.36 Å². The maximum absolute atomic E-state index is 12.5. The largest absolute Gasteiger partial charge is 0.507 e. The smallest absolute Gasteiger partial charge is 0.263 e. The molecule has 1 aromatic heterocycles. The molecule has 0 saturated heterocycles. The Morgan fingerprint density at radius 2 is 2.13 bits per heavy atom. The number of aryl methyl sites for hydroxylation is 1. The van der Waals surface area contributed by atoms with Gasteiger partial charge in [-0.2, -0.15) is 0 Å². The quantitative estimate of drug-likeness (QED) is 0.870. The topological polar surface area (TPSA) is 58.4 Å². The molecule has 0 aliphatic carbocycles. The van der Waals surface area contributed by atoms with E-state index in [0.29, 0.717) is 16.6 Å². The number of aliphatic hydroxyl groups excluding tert-OH is 1. The number of hydrogen-bond acceptors (Lipinski definition) is 4. The van der Waals surface area contributed by atoms with Crippen molar-refractivity contribution in [3.05, 3.63) is 70.1 Å². The number of aliphatic hydroxyl groups is 1. The summed E-state index contributed by atoms with van der Waals surface area (Å²) >= 11 is 3.39. The molecule has 0 saturated carbocycles. The van der Waals surface area contributed by atoms with Gasteiger partial charge >= 0.3 is 0 Å². The summed E-state index contributed by atoms with van der Waals surface area (Å²) in [6.45, 7) is 4.46. The monoisotopic (exact) mass is 373 g/mol. The molecule has 3 rings (SSSR count). The van der Waals surface area contributed by atoms with Crippen molar-refractivity contribution >= 4 is 27.5 Å². The number of carbonyl (C=O) groups is 1. The molecular weight excluding hydrogens is 358 g/mol. The van der Waals surface area contributed by atoms with Crippen molar-refractivity contribution < 1.29 is 9.90 Å². The van der Waals surface area contributed by atoms with Crippen molar-refractivity contribution in [2.75, 3.05) is 11.4 Å². The summed E-state index contributed by atoms with van der Waals surface area (Å²) in [5, 5.41) is 9.82. The third-order valence-electron chi connectivity index (χ3n) is 3.83. The lowest BCUT2D eigenvalue weighted by atomic mass is 10.1. The molecule has 1 aliphatic rings. The van der Waals surface area contributed by atoms with Gasteiger partial charge in [-0.15, -0.1) is 0 Å². The molecule has 1 aliphatic heterocycles. The second-order valence-electron chi connectivity index (χ2n) is 5.44. The Balaban J connectivity index is 1.99. The van der Waals surface area contributed by atoms with Gasteiger partial charge in [0.15, 0.2) is 0 Å². The summed E-state index contributed by atoms with van der Waals surface area (Å²) in [5.41, 5.74) is 3.50. The van der Waals surface area contributed by atoms with Gasteiger partial charge in [0.25, 0.3) is 5.91 Å². The molecule has 2 heterocycles. The van der Waals surface area contributed by atoms with Crippen molar-refractivity contribution in [2.45, 2.75) is 13.8 Å². The molecule has 0 unspecified atom stereocenters. The Morgan fingerprint density at radius 1 is 1.35 bits per heavy atom. The SMILES string of the molecule is CC1=CC(O)=C(Br)CN1c1cc(C(=O)n2ccnc2)ccc1C. The Morgan fingerprint density at radius 3 is 2.83 bits per heavy atom. The fraction of sp³-hybridized carbons (Fsp3) is 0.176. The highest BCUT2D eigenvalue weighted by Crippen LogP contribution is 2.31. The molecule has 0 atom stereocenters. The predicted molar refractivity (Wildman–Crippen MR) is 92.8 cm³/mol. The standard InChI is InChI=1S/C17H16BrN3O2/c1-11-3-4-13(17(23)20-6-5-19-10-20)8-15(11)21-9-14(18)16(22)7-12(21)2/h3-8,10,22H,9H2,1-2H3. The van der Waals surface area contributed by atoms with E-state index in [0.717, 1.165) is 16.9 Å². The molecule has 0 fully saturated rings. The van der Waals surface area contributed by atoms with E-state index in [1.54, 1.807) is 18.5 Å².